The molecule has 12 heavy (non-hydrogen) atoms. The van der Waals surface area contributed by atoms with Crippen LogP contribution < -0.4 is 5.32 Å². The van der Waals surface area contributed by atoms with Crippen LogP contribution >= 0.6 is 12.6 Å². The molecule has 4 nitrogen and oxygen atoms in total. The van der Waals surface area contributed by atoms with Crippen molar-refractivity contribution in [1.82, 2.24) is 5.32 Å². The van der Waals surface area contributed by atoms with Crippen molar-refractivity contribution in [2.45, 2.75) is 19.9 Å². The Balaban J connectivity index is 3.67. The molecule has 0 aliphatic carbocycles. The van der Waals surface area contributed by atoms with Crippen LogP contribution in [0.2, 0.25) is 0 Å². The molecular weight excluding hydrogens is 178 g/mol. The Morgan fingerprint density at radius 1 is 1.50 bits per heavy atom. The summed E-state index contributed by atoms with van der Waals surface area (Å²) in [6.07, 6.45) is 0. The van der Waals surface area contributed by atoms with Crippen LogP contribution in [0.25, 0.3) is 0 Å². The lowest BCUT2D eigenvalue weighted by Crippen LogP contribution is -2.38. The molecule has 0 aromatic heterocycles. The molecule has 0 saturated heterocycles. The first-order chi connectivity index (χ1) is 5.56. The third-order valence-corrected chi connectivity index (χ3v) is 1.56. The highest BCUT2D eigenvalue weighted by atomic mass is 32.1. The minimum Gasteiger partial charge on any atom is -0.464 e. The average molecular weight is 191 g/mol. The second-order valence-electron chi connectivity index (χ2n) is 2.38. The van der Waals surface area contributed by atoms with Gasteiger partial charge in [0.05, 0.1) is 6.04 Å². The Bertz CT molecular complexity index is 172. The minimum absolute atomic E-state index is 0.152. The highest BCUT2D eigenvalue weighted by Crippen LogP contribution is 1.90. The molecule has 1 unspecified atom stereocenters. The molecular formula is C7H13NO3S. The van der Waals surface area contributed by atoms with Gasteiger partial charge >= 0.3 is 5.97 Å². The van der Waals surface area contributed by atoms with E-state index < -0.39 is 0 Å². The molecule has 0 bridgehead atoms. The van der Waals surface area contributed by atoms with E-state index in [0.29, 0.717) is 5.75 Å². The van der Waals surface area contributed by atoms with E-state index in [9.17, 15) is 9.59 Å². The molecule has 0 heterocycles. The van der Waals surface area contributed by atoms with Gasteiger partial charge in [0.25, 0.3) is 0 Å². The van der Waals surface area contributed by atoms with E-state index >= 15 is 0 Å². The van der Waals surface area contributed by atoms with E-state index in [1.54, 1.807) is 0 Å². The number of hydrogen-bond donors (Lipinski definition) is 2. The maximum Gasteiger partial charge on any atom is 0.302 e. The fourth-order valence-electron chi connectivity index (χ4n) is 0.645. The van der Waals surface area contributed by atoms with Crippen molar-refractivity contribution in [2.24, 2.45) is 0 Å². The van der Waals surface area contributed by atoms with Crippen LogP contribution in [0.5, 0.6) is 0 Å². The number of esters is 1. The van der Waals surface area contributed by atoms with Gasteiger partial charge in [0.15, 0.2) is 0 Å². The van der Waals surface area contributed by atoms with E-state index in [-0.39, 0.29) is 24.5 Å². The maximum atomic E-state index is 10.6. The summed E-state index contributed by atoms with van der Waals surface area (Å²) < 4.78 is 4.69. The van der Waals surface area contributed by atoms with Crippen molar-refractivity contribution in [1.29, 1.82) is 0 Å². The molecule has 0 rings (SSSR count). The third kappa shape index (κ3) is 6.03. The van der Waals surface area contributed by atoms with E-state index in [4.69, 9.17) is 4.74 Å². The lowest BCUT2D eigenvalue weighted by Gasteiger charge is -2.14. The molecule has 5 heteroatoms. The van der Waals surface area contributed by atoms with Gasteiger partial charge in [0.1, 0.15) is 6.61 Å². The second kappa shape index (κ2) is 5.88. The molecule has 70 valence electrons. The van der Waals surface area contributed by atoms with Crippen LogP contribution in [0, 0.1) is 0 Å². The van der Waals surface area contributed by atoms with Gasteiger partial charge < -0.3 is 10.1 Å². The zero-order valence-electron chi connectivity index (χ0n) is 7.16. The quantitative estimate of drug-likeness (QED) is 0.485. The molecule has 0 fully saturated rings. The lowest BCUT2D eigenvalue weighted by atomic mass is 10.3. The van der Waals surface area contributed by atoms with Crippen molar-refractivity contribution in [3.8, 4) is 0 Å². The predicted octanol–water partition coefficient (Wildman–Crippen LogP) is -0.0160. The summed E-state index contributed by atoms with van der Waals surface area (Å²) >= 11 is 3.99. The summed E-state index contributed by atoms with van der Waals surface area (Å²) in [5.41, 5.74) is 0. The van der Waals surface area contributed by atoms with Gasteiger partial charge in [0.2, 0.25) is 5.91 Å². The summed E-state index contributed by atoms with van der Waals surface area (Å²) in [5.74, 6) is -0.0549. The number of carbonyl (C=O) groups is 2. The smallest absolute Gasteiger partial charge is 0.302 e. The topological polar surface area (TPSA) is 55.4 Å². The zero-order chi connectivity index (χ0) is 9.56. The highest BCUT2D eigenvalue weighted by Gasteiger charge is 2.08. The van der Waals surface area contributed by atoms with Gasteiger partial charge in [-0.3, -0.25) is 9.59 Å². The van der Waals surface area contributed by atoms with E-state index in [1.165, 1.54) is 13.8 Å². The molecule has 0 aromatic rings. The fourth-order valence-corrected chi connectivity index (χ4v) is 0.842. The van der Waals surface area contributed by atoms with Crippen LogP contribution in [0.4, 0.5) is 0 Å². The maximum absolute atomic E-state index is 10.6. The van der Waals surface area contributed by atoms with Gasteiger partial charge in [-0.1, -0.05) is 0 Å². The number of rotatable bonds is 4. The second-order valence-corrected chi connectivity index (χ2v) is 2.75. The fraction of sp³-hybridized carbons (Fsp3) is 0.714. The predicted molar refractivity (Wildman–Crippen MR) is 48.1 cm³/mol. The summed E-state index contributed by atoms with van der Waals surface area (Å²) in [7, 11) is 0. The van der Waals surface area contributed by atoms with E-state index in [1.807, 2.05) is 0 Å². The first kappa shape index (κ1) is 11.3. The Labute approximate surface area is 77.1 Å². The third-order valence-electron chi connectivity index (χ3n) is 1.12. The minimum atomic E-state index is -0.355. The van der Waals surface area contributed by atoms with Gasteiger partial charge in [-0.25, -0.2) is 0 Å². The van der Waals surface area contributed by atoms with Crippen LogP contribution in [0.3, 0.4) is 0 Å². The SMILES string of the molecule is CC(=O)NC(CS)COC(C)=O. The normalized spacial score (nSPS) is 11.9. The number of thiol groups is 1. The van der Waals surface area contributed by atoms with Crippen molar-refractivity contribution in [3.63, 3.8) is 0 Å². The molecule has 0 saturated carbocycles. The number of amides is 1. The van der Waals surface area contributed by atoms with Crippen LogP contribution in [-0.4, -0.2) is 30.3 Å². The first-order valence-corrected chi connectivity index (χ1v) is 4.20. The molecule has 0 radical (unpaired) electrons. The number of ether oxygens (including phenoxy) is 1. The molecule has 1 atom stereocenters. The van der Waals surface area contributed by atoms with Gasteiger partial charge in [-0.2, -0.15) is 12.6 Å². The Hall–Kier alpha value is -0.710. The number of hydrogen-bond acceptors (Lipinski definition) is 4. The molecule has 0 aromatic carbocycles. The molecule has 0 aliphatic heterocycles. The number of carbonyl (C=O) groups excluding carboxylic acids is 2. The number of nitrogens with one attached hydrogen (secondary N) is 1. The van der Waals surface area contributed by atoms with Gasteiger partial charge in [-0.15, -0.1) is 0 Å². The Morgan fingerprint density at radius 2 is 2.08 bits per heavy atom. The van der Waals surface area contributed by atoms with E-state index in [2.05, 4.69) is 17.9 Å². The average Bonchev–Trinajstić information content (AvgIpc) is 1.97. The van der Waals surface area contributed by atoms with Gasteiger partial charge in [0, 0.05) is 19.6 Å². The van der Waals surface area contributed by atoms with Crippen molar-refractivity contribution in [3.05, 3.63) is 0 Å². The van der Waals surface area contributed by atoms with Crippen molar-refractivity contribution >= 4 is 24.5 Å². The summed E-state index contributed by atoms with van der Waals surface area (Å²) in [6.45, 7) is 2.91. The lowest BCUT2D eigenvalue weighted by molar-refractivity contribution is -0.142. The molecule has 1 N–H and O–H groups in total. The molecule has 1 amide bonds. The van der Waals surface area contributed by atoms with Gasteiger partial charge in [-0.05, 0) is 0 Å². The van der Waals surface area contributed by atoms with Crippen LogP contribution in [0.1, 0.15) is 13.8 Å². The largest absolute Gasteiger partial charge is 0.464 e. The van der Waals surface area contributed by atoms with Crippen LogP contribution in [0.15, 0.2) is 0 Å². The first-order valence-electron chi connectivity index (χ1n) is 3.57. The molecule has 0 spiro atoms. The monoisotopic (exact) mass is 191 g/mol. The molecule has 0 aliphatic rings. The Kier molecular flexibility index (Phi) is 5.53. The summed E-state index contributed by atoms with van der Waals surface area (Å²) in [5, 5.41) is 2.59. The summed E-state index contributed by atoms with van der Waals surface area (Å²) in [4.78, 5) is 21.0. The highest BCUT2D eigenvalue weighted by molar-refractivity contribution is 7.80. The Morgan fingerprint density at radius 3 is 2.42 bits per heavy atom. The standard InChI is InChI=1S/C7H13NO3S/c1-5(9)8-7(4-12)3-11-6(2)10/h7,12H,3-4H2,1-2H3,(H,8,9). The van der Waals surface area contributed by atoms with Crippen LogP contribution in [-0.2, 0) is 14.3 Å². The summed E-state index contributed by atoms with van der Waals surface area (Å²) in [6, 6.07) is -0.199. The zero-order valence-corrected chi connectivity index (χ0v) is 8.06. The van der Waals surface area contributed by atoms with Crippen molar-refractivity contribution in [2.75, 3.05) is 12.4 Å². The van der Waals surface area contributed by atoms with Crippen molar-refractivity contribution < 1.29 is 14.3 Å². The van der Waals surface area contributed by atoms with E-state index in [0.717, 1.165) is 0 Å².